The smallest absolute Gasteiger partial charge is 0.337 e. The summed E-state index contributed by atoms with van der Waals surface area (Å²) in [7, 11) is -4.02. The normalized spacial score (nSPS) is 19.4. The molecule has 0 unspecified atom stereocenters. The number of nitrogens with two attached hydrogens (primary N) is 1. The van der Waals surface area contributed by atoms with E-state index in [1.807, 2.05) is 12.1 Å². The van der Waals surface area contributed by atoms with Gasteiger partial charge in [-0.05, 0) is 55.2 Å². The lowest BCUT2D eigenvalue weighted by Gasteiger charge is -2.42. The number of rotatable bonds is 5. The Morgan fingerprint density at radius 3 is 2.48 bits per heavy atom. The number of anilines is 1. The van der Waals surface area contributed by atoms with Crippen molar-refractivity contribution in [3.8, 4) is 12.1 Å². The Balaban J connectivity index is 2.02. The number of benzene rings is 2. The quantitative estimate of drug-likeness (QED) is 0.581. The second kappa shape index (κ2) is 10.8. The summed E-state index contributed by atoms with van der Waals surface area (Å²) in [5.74, 6) is -0.776. The number of sulfone groups is 1. The molecule has 40 heavy (non-hydrogen) atoms. The lowest BCUT2D eigenvalue weighted by molar-refractivity contribution is -0.121. The van der Waals surface area contributed by atoms with Gasteiger partial charge in [0.25, 0.3) is 0 Å². The highest BCUT2D eigenvalue weighted by atomic mass is 32.2. The molecule has 0 saturated carbocycles. The molecule has 2 heterocycles. The number of urea groups is 2. The van der Waals surface area contributed by atoms with Gasteiger partial charge < -0.3 is 10.6 Å². The fraction of sp³-hybridized carbons (Fsp3) is 0.296. The molecule has 2 aromatic carbocycles. The summed E-state index contributed by atoms with van der Waals surface area (Å²) >= 11 is 0. The van der Waals surface area contributed by atoms with Crippen LogP contribution < -0.4 is 10.6 Å². The first-order chi connectivity index (χ1) is 18.9. The maximum absolute atomic E-state index is 14.2. The minimum atomic E-state index is -4.02. The third kappa shape index (κ3) is 4.87. The number of nitrogens with zero attached hydrogens (tertiary/aromatic N) is 5. The summed E-state index contributed by atoms with van der Waals surface area (Å²) in [6.45, 7) is 0.725. The van der Waals surface area contributed by atoms with Crippen LogP contribution in [-0.4, -0.2) is 55.0 Å². The van der Waals surface area contributed by atoms with Crippen molar-refractivity contribution >= 4 is 33.5 Å². The summed E-state index contributed by atoms with van der Waals surface area (Å²) in [5.41, 5.74) is 5.84. The van der Waals surface area contributed by atoms with Crippen LogP contribution >= 0.6 is 0 Å². The van der Waals surface area contributed by atoms with Crippen molar-refractivity contribution in [2.75, 3.05) is 17.7 Å². The lowest BCUT2D eigenvalue weighted by atomic mass is 9.93. The number of nitriles is 2. The van der Waals surface area contributed by atoms with Gasteiger partial charge in [-0.1, -0.05) is 18.2 Å². The van der Waals surface area contributed by atoms with Crippen LogP contribution in [-0.2, 0) is 21.3 Å². The van der Waals surface area contributed by atoms with E-state index in [9.17, 15) is 37.7 Å². The maximum atomic E-state index is 14.2. The van der Waals surface area contributed by atoms with Gasteiger partial charge in [-0.3, -0.25) is 9.69 Å². The number of imide groups is 1. The highest BCUT2D eigenvalue weighted by molar-refractivity contribution is 7.90. The van der Waals surface area contributed by atoms with Gasteiger partial charge in [-0.25, -0.2) is 27.3 Å². The highest BCUT2D eigenvalue weighted by Gasteiger charge is 2.48. The van der Waals surface area contributed by atoms with Crippen LogP contribution in [0, 0.1) is 22.7 Å². The van der Waals surface area contributed by atoms with Crippen molar-refractivity contribution in [3.05, 3.63) is 70.4 Å². The van der Waals surface area contributed by atoms with Crippen molar-refractivity contribution in [1.29, 1.82) is 10.5 Å². The van der Waals surface area contributed by atoms with Gasteiger partial charge in [-0.2, -0.15) is 10.5 Å². The van der Waals surface area contributed by atoms with Crippen molar-refractivity contribution in [3.63, 3.8) is 0 Å². The molecule has 0 aromatic heterocycles. The Labute approximate surface area is 230 Å². The Bertz CT molecular complexity index is 1640. The predicted molar refractivity (Wildman–Crippen MR) is 141 cm³/mol. The molecule has 11 nitrogen and oxygen atoms in total. The van der Waals surface area contributed by atoms with Crippen LogP contribution in [0.1, 0.15) is 42.5 Å². The fourth-order valence-corrected chi connectivity index (χ4v) is 6.05. The van der Waals surface area contributed by atoms with Crippen LogP contribution in [0.15, 0.2) is 58.6 Å². The number of primary amides is 1. The SMILES string of the molecule is CC1=C(C#N)[C@@H](c2ccc(C#N)cc2S(C)(=O)=O)N(C(=O)N2CCC[C@H]2C(N)=O)C(=O)N1c1cccc(CF)c1. The first kappa shape index (κ1) is 28.3. The van der Waals surface area contributed by atoms with Crippen LogP contribution in [0.2, 0.25) is 0 Å². The summed E-state index contributed by atoms with van der Waals surface area (Å²) in [6.07, 6.45) is 1.60. The Kier molecular flexibility index (Phi) is 7.62. The third-order valence-electron chi connectivity index (χ3n) is 6.97. The number of carbonyl (C=O) groups excluding carboxylic acids is 3. The molecule has 0 radical (unpaired) electrons. The third-order valence-corrected chi connectivity index (χ3v) is 8.12. The maximum Gasteiger partial charge on any atom is 0.337 e. The molecule has 2 N–H and O–H groups in total. The summed E-state index contributed by atoms with van der Waals surface area (Å²) in [5, 5.41) is 19.7. The summed E-state index contributed by atoms with van der Waals surface area (Å²) in [6, 6.07) is 9.08. The first-order valence-corrected chi connectivity index (χ1v) is 14.1. The molecule has 13 heteroatoms. The molecule has 5 amide bonds. The van der Waals surface area contributed by atoms with Crippen LogP contribution in [0.25, 0.3) is 0 Å². The summed E-state index contributed by atoms with van der Waals surface area (Å²) in [4.78, 5) is 43.0. The number of allylic oxidation sites excluding steroid dienone is 1. The Morgan fingerprint density at radius 2 is 1.88 bits per heavy atom. The largest absolute Gasteiger partial charge is 0.368 e. The van der Waals surface area contributed by atoms with Gasteiger partial charge in [0.05, 0.1) is 33.9 Å². The van der Waals surface area contributed by atoms with Crippen molar-refractivity contribution in [2.45, 2.75) is 43.4 Å². The number of amides is 5. The van der Waals surface area contributed by atoms with E-state index in [4.69, 9.17) is 5.73 Å². The molecule has 2 aromatic rings. The first-order valence-electron chi connectivity index (χ1n) is 12.2. The number of alkyl halides is 1. The van der Waals surface area contributed by atoms with Crippen LogP contribution in [0.3, 0.4) is 0 Å². The van der Waals surface area contributed by atoms with E-state index in [0.29, 0.717) is 6.42 Å². The zero-order chi connectivity index (χ0) is 29.4. The Hall–Kier alpha value is -4.75. The van der Waals surface area contributed by atoms with Crippen molar-refractivity contribution < 1.29 is 27.2 Å². The molecule has 0 aliphatic carbocycles. The fourth-order valence-electron chi connectivity index (χ4n) is 5.10. The number of likely N-dealkylation sites (tertiary alicyclic amines) is 1. The zero-order valence-electron chi connectivity index (χ0n) is 21.7. The van der Waals surface area contributed by atoms with Gasteiger partial charge in [0.1, 0.15) is 18.8 Å². The predicted octanol–water partition coefficient (Wildman–Crippen LogP) is 3.28. The Morgan fingerprint density at radius 1 is 1.15 bits per heavy atom. The molecule has 4 rings (SSSR count). The van der Waals surface area contributed by atoms with Crippen LogP contribution in [0.5, 0.6) is 0 Å². The van der Waals surface area contributed by atoms with Crippen molar-refractivity contribution in [1.82, 2.24) is 9.80 Å². The highest BCUT2D eigenvalue weighted by Crippen LogP contribution is 2.42. The van der Waals surface area contributed by atoms with E-state index < -0.39 is 46.6 Å². The average Bonchev–Trinajstić information content (AvgIpc) is 3.42. The lowest BCUT2D eigenvalue weighted by Crippen LogP contribution is -2.58. The molecule has 0 spiro atoms. The number of carbonyl (C=O) groups is 3. The average molecular weight is 565 g/mol. The van der Waals surface area contributed by atoms with Gasteiger partial charge in [0.2, 0.25) is 5.91 Å². The van der Waals surface area contributed by atoms with Crippen LogP contribution in [0.4, 0.5) is 19.7 Å². The van der Waals surface area contributed by atoms with Crippen molar-refractivity contribution in [2.24, 2.45) is 5.73 Å². The van der Waals surface area contributed by atoms with Gasteiger partial charge in [-0.15, -0.1) is 0 Å². The second-order valence-electron chi connectivity index (χ2n) is 9.48. The second-order valence-corrected chi connectivity index (χ2v) is 11.5. The minimum Gasteiger partial charge on any atom is -0.368 e. The van der Waals surface area contributed by atoms with E-state index in [2.05, 4.69) is 0 Å². The monoisotopic (exact) mass is 564 g/mol. The van der Waals surface area contributed by atoms with Gasteiger partial charge in [0, 0.05) is 18.5 Å². The molecule has 0 bridgehead atoms. The number of halogens is 1. The number of hydrogen-bond donors (Lipinski definition) is 1. The molecular formula is C27H25FN6O5S. The molecule has 2 aliphatic heterocycles. The van der Waals surface area contributed by atoms with E-state index in [-0.39, 0.29) is 51.5 Å². The minimum absolute atomic E-state index is 0.0152. The van der Waals surface area contributed by atoms with E-state index in [1.165, 1.54) is 43.3 Å². The number of hydrogen-bond acceptors (Lipinski definition) is 7. The standard InChI is InChI=1S/C27H25FN6O5S/c1-16-21(15-30)24(20-9-8-18(14-29)12-23(20)40(2,38)39)34(26(36)32-10-4-7-22(32)25(31)35)27(37)33(16)19-6-3-5-17(11-19)13-28/h3,5-6,8-9,11-12,22,24H,4,7,10,13H2,1-2H3,(H2,31,35)/t22-,24+/m0/s1. The molecule has 1 fully saturated rings. The van der Waals surface area contributed by atoms with Gasteiger partial charge >= 0.3 is 12.1 Å². The van der Waals surface area contributed by atoms with Gasteiger partial charge in [0.15, 0.2) is 9.84 Å². The molecule has 1 saturated heterocycles. The molecule has 2 atom stereocenters. The molecule has 206 valence electrons. The van der Waals surface area contributed by atoms with E-state index in [1.54, 1.807) is 0 Å². The topological polar surface area (TPSA) is 169 Å². The van der Waals surface area contributed by atoms with E-state index in [0.717, 1.165) is 27.0 Å². The zero-order valence-corrected chi connectivity index (χ0v) is 22.5. The molecular weight excluding hydrogens is 539 g/mol. The molecule has 2 aliphatic rings. The van der Waals surface area contributed by atoms with E-state index >= 15 is 0 Å². The summed E-state index contributed by atoms with van der Waals surface area (Å²) < 4.78 is 39.2.